The van der Waals surface area contributed by atoms with Crippen molar-refractivity contribution in [1.82, 2.24) is 4.90 Å². The summed E-state index contributed by atoms with van der Waals surface area (Å²) >= 11 is 0. The standard InChI is InChI=1S/C12H13NO2/c1-4-11(15-12(14)13(2)3)10-8-6-5-7-9-10/h1,5-9,11H,2-3H3. The van der Waals surface area contributed by atoms with Gasteiger partial charge < -0.3 is 9.64 Å². The maximum absolute atomic E-state index is 11.3. The molecular weight excluding hydrogens is 190 g/mol. The normalized spacial score (nSPS) is 11.3. The van der Waals surface area contributed by atoms with E-state index in [0.29, 0.717) is 0 Å². The molecule has 3 heteroatoms. The summed E-state index contributed by atoms with van der Waals surface area (Å²) in [5.41, 5.74) is 0.801. The molecule has 0 aliphatic heterocycles. The Kier molecular flexibility index (Phi) is 3.75. The zero-order chi connectivity index (χ0) is 11.3. The zero-order valence-corrected chi connectivity index (χ0v) is 8.81. The first kappa shape index (κ1) is 11.1. The fourth-order valence-electron chi connectivity index (χ4n) is 1.03. The molecule has 0 spiro atoms. The fraction of sp³-hybridized carbons (Fsp3) is 0.250. The molecule has 0 saturated carbocycles. The lowest BCUT2D eigenvalue weighted by Crippen LogP contribution is -2.24. The van der Waals surface area contributed by atoms with Crippen molar-refractivity contribution in [1.29, 1.82) is 0 Å². The maximum Gasteiger partial charge on any atom is 0.410 e. The van der Waals surface area contributed by atoms with Gasteiger partial charge in [-0.3, -0.25) is 0 Å². The third-order valence-corrected chi connectivity index (χ3v) is 1.84. The highest BCUT2D eigenvalue weighted by atomic mass is 16.6. The molecule has 0 N–H and O–H groups in total. The molecule has 1 amide bonds. The molecule has 1 aromatic rings. The second-order valence-electron chi connectivity index (χ2n) is 3.24. The quantitative estimate of drug-likeness (QED) is 0.688. The minimum absolute atomic E-state index is 0.443. The summed E-state index contributed by atoms with van der Waals surface area (Å²) in [6, 6.07) is 9.23. The van der Waals surface area contributed by atoms with E-state index in [1.165, 1.54) is 4.90 Å². The van der Waals surface area contributed by atoms with Crippen LogP contribution in [0.25, 0.3) is 0 Å². The van der Waals surface area contributed by atoms with Crippen LogP contribution in [0.4, 0.5) is 4.79 Å². The van der Waals surface area contributed by atoms with Crippen molar-refractivity contribution in [2.45, 2.75) is 6.10 Å². The monoisotopic (exact) mass is 203 g/mol. The minimum Gasteiger partial charge on any atom is -0.428 e. The van der Waals surface area contributed by atoms with Crippen LogP contribution in [0.2, 0.25) is 0 Å². The molecule has 0 radical (unpaired) electrons. The molecule has 0 heterocycles. The van der Waals surface area contributed by atoms with Crippen molar-refractivity contribution in [2.75, 3.05) is 14.1 Å². The fourth-order valence-corrected chi connectivity index (χ4v) is 1.03. The molecule has 0 aromatic heterocycles. The van der Waals surface area contributed by atoms with Crippen LogP contribution in [0.15, 0.2) is 30.3 Å². The smallest absolute Gasteiger partial charge is 0.410 e. The highest BCUT2D eigenvalue weighted by Crippen LogP contribution is 2.16. The Morgan fingerprint density at radius 2 is 2.00 bits per heavy atom. The van der Waals surface area contributed by atoms with Crippen molar-refractivity contribution in [3.05, 3.63) is 35.9 Å². The second kappa shape index (κ2) is 5.06. The lowest BCUT2D eigenvalue weighted by molar-refractivity contribution is 0.0975. The van der Waals surface area contributed by atoms with Crippen LogP contribution in [0.5, 0.6) is 0 Å². The second-order valence-corrected chi connectivity index (χ2v) is 3.24. The SMILES string of the molecule is C#CC(OC(=O)N(C)C)c1ccccc1. The number of nitrogens with zero attached hydrogens (tertiary/aromatic N) is 1. The Labute approximate surface area is 89.7 Å². The molecule has 1 rings (SSSR count). The molecule has 1 aromatic carbocycles. The Bertz CT molecular complexity index is 365. The Morgan fingerprint density at radius 3 is 2.47 bits per heavy atom. The van der Waals surface area contributed by atoms with Gasteiger partial charge >= 0.3 is 6.09 Å². The molecule has 0 saturated heterocycles. The van der Waals surface area contributed by atoms with Crippen LogP contribution in [0, 0.1) is 12.3 Å². The molecular formula is C12H13NO2. The predicted octanol–water partition coefficient (Wildman–Crippen LogP) is 2.06. The Hall–Kier alpha value is -1.95. The number of ether oxygens (including phenoxy) is 1. The number of amides is 1. The van der Waals surface area contributed by atoms with E-state index in [2.05, 4.69) is 5.92 Å². The first-order valence-electron chi connectivity index (χ1n) is 4.54. The van der Waals surface area contributed by atoms with E-state index >= 15 is 0 Å². The topological polar surface area (TPSA) is 29.5 Å². The van der Waals surface area contributed by atoms with Gasteiger partial charge in [0, 0.05) is 19.7 Å². The Balaban J connectivity index is 2.75. The van der Waals surface area contributed by atoms with Crippen molar-refractivity contribution in [3.63, 3.8) is 0 Å². The number of hydrogen-bond acceptors (Lipinski definition) is 2. The van der Waals surface area contributed by atoms with Gasteiger partial charge in [-0.05, 0) is 0 Å². The summed E-state index contributed by atoms with van der Waals surface area (Å²) in [4.78, 5) is 12.6. The highest BCUT2D eigenvalue weighted by molar-refractivity contribution is 5.67. The average molecular weight is 203 g/mol. The third-order valence-electron chi connectivity index (χ3n) is 1.84. The zero-order valence-electron chi connectivity index (χ0n) is 8.81. The molecule has 78 valence electrons. The van der Waals surface area contributed by atoms with Crippen LogP contribution in [0.1, 0.15) is 11.7 Å². The van der Waals surface area contributed by atoms with Crippen LogP contribution in [-0.2, 0) is 4.74 Å². The summed E-state index contributed by atoms with van der Waals surface area (Å²) < 4.78 is 5.10. The highest BCUT2D eigenvalue weighted by Gasteiger charge is 2.14. The summed E-state index contributed by atoms with van der Waals surface area (Å²) in [6.45, 7) is 0. The number of carbonyl (C=O) groups is 1. The van der Waals surface area contributed by atoms with Gasteiger partial charge in [0.05, 0.1) is 0 Å². The Morgan fingerprint density at radius 1 is 1.40 bits per heavy atom. The molecule has 0 aliphatic carbocycles. The average Bonchev–Trinajstić information content (AvgIpc) is 2.26. The summed E-state index contributed by atoms with van der Waals surface area (Å²) in [5, 5.41) is 0. The van der Waals surface area contributed by atoms with Crippen LogP contribution < -0.4 is 0 Å². The van der Waals surface area contributed by atoms with Crippen molar-refractivity contribution < 1.29 is 9.53 Å². The summed E-state index contributed by atoms with van der Waals surface area (Å²) in [7, 11) is 3.22. The third kappa shape index (κ3) is 3.03. The number of terminal acetylenes is 1. The number of hydrogen-bond donors (Lipinski definition) is 0. The number of benzene rings is 1. The van der Waals surface area contributed by atoms with Crippen molar-refractivity contribution in [2.24, 2.45) is 0 Å². The lowest BCUT2D eigenvalue weighted by atomic mass is 10.1. The molecule has 15 heavy (non-hydrogen) atoms. The van der Waals surface area contributed by atoms with E-state index < -0.39 is 12.2 Å². The van der Waals surface area contributed by atoms with E-state index in [1.54, 1.807) is 14.1 Å². The lowest BCUT2D eigenvalue weighted by Gasteiger charge is -2.16. The van der Waals surface area contributed by atoms with E-state index in [4.69, 9.17) is 11.2 Å². The van der Waals surface area contributed by atoms with Crippen LogP contribution in [0.3, 0.4) is 0 Å². The van der Waals surface area contributed by atoms with Gasteiger partial charge in [0.15, 0.2) is 6.10 Å². The van der Waals surface area contributed by atoms with Crippen LogP contribution in [-0.4, -0.2) is 25.1 Å². The first-order chi connectivity index (χ1) is 7.15. The van der Waals surface area contributed by atoms with Gasteiger partial charge in [0.2, 0.25) is 0 Å². The van der Waals surface area contributed by atoms with Crippen LogP contribution >= 0.6 is 0 Å². The van der Waals surface area contributed by atoms with Gasteiger partial charge in [-0.15, -0.1) is 6.42 Å². The molecule has 1 unspecified atom stereocenters. The number of carbonyl (C=O) groups excluding carboxylic acids is 1. The van der Waals surface area contributed by atoms with E-state index in [-0.39, 0.29) is 0 Å². The van der Waals surface area contributed by atoms with Crippen molar-refractivity contribution >= 4 is 6.09 Å². The molecule has 3 nitrogen and oxygen atoms in total. The van der Waals surface area contributed by atoms with E-state index in [9.17, 15) is 4.79 Å². The maximum atomic E-state index is 11.3. The largest absolute Gasteiger partial charge is 0.428 e. The van der Waals surface area contributed by atoms with E-state index in [0.717, 1.165) is 5.56 Å². The minimum atomic E-state index is -0.624. The predicted molar refractivity (Wildman–Crippen MR) is 58.2 cm³/mol. The van der Waals surface area contributed by atoms with Gasteiger partial charge in [-0.1, -0.05) is 36.3 Å². The van der Waals surface area contributed by atoms with Gasteiger partial charge in [-0.2, -0.15) is 0 Å². The molecule has 0 fully saturated rings. The van der Waals surface area contributed by atoms with Crippen molar-refractivity contribution in [3.8, 4) is 12.3 Å². The molecule has 1 atom stereocenters. The van der Waals surface area contributed by atoms with Gasteiger partial charge in [-0.25, -0.2) is 4.79 Å². The van der Waals surface area contributed by atoms with Gasteiger partial charge in [0.25, 0.3) is 0 Å². The number of rotatable bonds is 2. The summed E-state index contributed by atoms with van der Waals surface area (Å²) in [5.74, 6) is 2.43. The van der Waals surface area contributed by atoms with Gasteiger partial charge in [0.1, 0.15) is 0 Å². The molecule has 0 bridgehead atoms. The summed E-state index contributed by atoms with van der Waals surface area (Å²) in [6.07, 6.45) is 4.24. The molecule has 0 aliphatic rings. The first-order valence-corrected chi connectivity index (χ1v) is 4.54. The van der Waals surface area contributed by atoms with E-state index in [1.807, 2.05) is 30.3 Å².